The average Bonchev–Trinajstić information content (AvgIpc) is 2.37. The summed E-state index contributed by atoms with van der Waals surface area (Å²) in [6.45, 7) is -2.89. The topological polar surface area (TPSA) is 103 Å². The monoisotopic (exact) mass is 307 g/mol. The van der Waals surface area contributed by atoms with E-state index in [1.54, 1.807) is 0 Å². The summed E-state index contributed by atoms with van der Waals surface area (Å²) in [5.74, 6) is -2.05. The number of carbonyl (C=O) groups is 2. The highest BCUT2D eigenvalue weighted by Gasteiger charge is 2.27. The van der Waals surface area contributed by atoms with Crippen LogP contribution in [0.5, 0.6) is 0 Å². The Morgan fingerprint density at radius 3 is 2.62 bits per heavy atom. The van der Waals surface area contributed by atoms with Crippen LogP contribution >= 0.6 is 0 Å². The lowest BCUT2D eigenvalue weighted by molar-refractivity contribution is -0.151. The molecule has 0 bridgehead atoms. The fraction of sp³-hybridized carbons (Fsp3) is 0.364. The van der Waals surface area contributed by atoms with Crippen LogP contribution < -0.4 is 16.6 Å². The highest BCUT2D eigenvalue weighted by atomic mass is 19.4. The number of aromatic nitrogens is 1. The summed E-state index contributed by atoms with van der Waals surface area (Å²) < 4.78 is 40.8. The number of rotatable bonds is 5. The lowest BCUT2D eigenvalue weighted by atomic mass is 10.4. The van der Waals surface area contributed by atoms with Crippen molar-refractivity contribution in [1.29, 1.82) is 0 Å². The van der Waals surface area contributed by atoms with Gasteiger partial charge in [0, 0.05) is 18.0 Å². The standard InChI is InChI=1S/C11H12F3N3O4/c12-11(13,14)6-16-8(18)5-21-10(20)4-17-3-7(15)1-2-9(17)19/h1-3H,4-6,15H2,(H,16,18). The van der Waals surface area contributed by atoms with Crippen LogP contribution in [0.2, 0.25) is 0 Å². The summed E-state index contributed by atoms with van der Waals surface area (Å²) >= 11 is 0. The third-order valence-corrected chi connectivity index (χ3v) is 2.16. The van der Waals surface area contributed by atoms with Gasteiger partial charge in [-0.15, -0.1) is 0 Å². The normalized spacial score (nSPS) is 11.0. The summed E-state index contributed by atoms with van der Waals surface area (Å²) in [6, 6.07) is 2.48. The molecule has 3 N–H and O–H groups in total. The Kier molecular flexibility index (Phi) is 5.33. The number of carbonyl (C=O) groups excluding carboxylic acids is 2. The van der Waals surface area contributed by atoms with Crippen LogP contribution in [0.1, 0.15) is 0 Å². The second kappa shape index (κ2) is 6.77. The molecule has 0 aromatic carbocycles. The first kappa shape index (κ1) is 16.5. The predicted octanol–water partition coefficient (Wildman–Crippen LogP) is -0.348. The first-order valence-corrected chi connectivity index (χ1v) is 5.62. The molecule has 0 unspecified atom stereocenters. The van der Waals surface area contributed by atoms with Gasteiger partial charge in [0.2, 0.25) is 0 Å². The molecular formula is C11H12F3N3O4. The Bertz CT molecular complexity index is 583. The molecule has 0 atom stereocenters. The first-order chi connectivity index (χ1) is 9.67. The van der Waals surface area contributed by atoms with Crippen LogP contribution in [0.3, 0.4) is 0 Å². The Balaban J connectivity index is 2.42. The van der Waals surface area contributed by atoms with Crippen LogP contribution in [0.15, 0.2) is 23.1 Å². The maximum Gasteiger partial charge on any atom is 0.405 e. The average molecular weight is 307 g/mol. The molecule has 116 valence electrons. The van der Waals surface area contributed by atoms with Crippen molar-refractivity contribution in [1.82, 2.24) is 9.88 Å². The molecule has 0 aliphatic rings. The van der Waals surface area contributed by atoms with Gasteiger partial charge >= 0.3 is 12.1 Å². The largest absolute Gasteiger partial charge is 0.454 e. The number of ether oxygens (including phenoxy) is 1. The number of nitrogen functional groups attached to an aromatic ring is 1. The number of nitrogens with one attached hydrogen (secondary N) is 1. The smallest absolute Gasteiger partial charge is 0.405 e. The number of alkyl halides is 3. The number of pyridine rings is 1. The maximum atomic E-state index is 11.8. The van der Waals surface area contributed by atoms with Gasteiger partial charge < -0.3 is 20.4 Å². The molecular weight excluding hydrogens is 295 g/mol. The van der Waals surface area contributed by atoms with E-state index in [9.17, 15) is 27.6 Å². The molecule has 7 nitrogen and oxygen atoms in total. The molecule has 1 heterocycles. The van der Waals surface area contributed by atoms with Crippen molar-refractivity contribution in [3.8, 4) is 0 Å². The van der Waals surface area contributed by atoms with Crippen molar-refractivity contribution in [3.05, 3.63) is 28.7 Å². The second-order valence-electron chi connectivity index (χ2n) is 3.98. The molecule has 1 rings (SSSR count). The van der Waals surface area contributed by atoms with Gasteiger partial charge in [-0.3, -0.25) is 14.4 Å². The molecule has 10 heteroatoms. The van der Waals surface area contributed by atoms with E-state index < -0.39 is 43.3 Å². The minimum atomic E-state index is -4.55. The van der Waals surface area contributed by atoms with E-state index in [1.165, 1.54) is 17.6 Å². The Labute approximate surface area is 116 Å². The van der Waals surface area contributed by atoms with Gasteiger partial charge in [0.1, 0.15) is 13.1 Å². The van der Waals surface area contributed by atoms with Gasteiger partial charge in [-0.05, 0) is 6.07 Å². The summed E-state index contributed by atoms with van der Waals surface area (Å²) in [7, 11) is 0. The van der Waals surface area contributed by atoms with E-state index in [1.807, 2.05) is 0 Å². The van der Waals surface area contributed by atoms with E-state index in [2.05, 4.69) is 4.74 Å². The van der Waals surface area contributed by atoms with Gasteiger partial charge in [0.25, 0.3) is 11.5 Å². The van der Waals surface area contributed by atoms with Crippen LogP contribution in [-0.4, -0.2) is 35.8 Å². The van der Waals surface area contributed by atoms with E-state index >= 15 is 0 Å². The predicted molar refractivity (Wildman–Crippen MR) is 65.1 cm³/mol. The molecule has 0 fully saturated rings. The van der Waals surface area contributed by atoms with Gasteiger partial charge in [-0.1, -0.05) is 0 Å². The highest BCUT2D eigenvalue weighted by Crippen LogP contribution is 2.11. The number of halogens is 3. The summed E-state index contributed by atoms with van der Waals surface area (Å²) in [4.78, 5) is 33.7. The number of amides is 1. The van der Waals surface area contributed by atoms with Gasteiger partial charge in [-0.25, -0.2) is 0 Å². The first-order valence-electron chi connectivity index (χ1n) is 5.62. The Hall–Kier alpha value is -2.52. The molecule has 0 radical (unpaired) electrons. The minimum Gasteiger partial charge on any atom is -0.454 e. The molecule has 0 saturated carbocycles. The molecule has 0 aliphatic heterocycles. The van der Waals surface area contributed by atoms with Gasteiger partial charge in [-0.2, -0.15) is 13.2 Å². The van der Waals surface area contributed by atoms with Crippen molar-refractivity contribution in [3.63, 3.8) is 0 Å². The van der Waals surface area contributed by atoms with Crippen molar-refractivity contribution in [2.45, 2.75) is 12.7 Å². The molecule has 1 amide bonds. The minimum absolute atomic E-state index is 0.241. The van der Waals surface area contributed by atoms with Crippen LogP contribution in [-0.2, 0) is 20.9 Å². The van der Waals surface area contributed by atoms with Gasteiger partial charge in [0.15, 0.2) is 6.61 Å². The van der Waals surface area contributed by atoms with E-state index in [0.29, 0.717) is 0 Å². The molecule has 0 spiro atoms. The quantitative estimate of drug-likeness (QED) is 0.724. The fourth-order valence-electron chi connectivity index (χ4n) is 1.25. The number of nitrogens with zero attached hydrogens (tertiary/aromatic N) is 1. The van der Waals surface area contributed by atoms with E-state index in [-0.39, 0.29) is 5.69 Å². The van der Waals surface area contributed by atoms with Crippen molar-refractivity contribution >= 4 is 17.6 Å². The zero-order valence-electron chi connectivity index (χ0n) is 10.6. The molecule has 0 aliphatic carbocycles. The fourth-order valence-corrected chi connectivity index (χ4v) is 1.25. The van der Waals surface area contributed by atoms with E-state index in [0.717, 1.165) is 10.6 Å². The van der Waals surface area contributed by atoms with Crippen LogP contribution in [0.25, 0.3) is 0 Å². The van der Waals surface area contributed by atoms with Crippen molar-refractivity contribution in [2.24, 2.45) is 0 Å². The third-order valence-electron chi connectivity index (χ3n) is 2.16. The number of esters is 1. The molecule has 1 aromatic heterocycles. The lowest BCUT2D eigenvalue weighted by Gasteiger charge is -2.09. The van der Waals surface area contributed by atoms with Gasteiger partial charge in [0.05, 0.1) is 0 Å². The number of nitrogens with two attached hydrogens (primary N) is 1. The van der Waals surface area contributed by atoms with Crippen molar-refractivity contribution < 1.29 is 27.5 Å². The highest BCUT2D eigenvalue weighted by molar-refractivity contribution is 5.80. The second-order valence-corrected chi connectivity index (χ2v) is 3.98. The SMILES string of the molecule is Nc1ccc(=O)n(CC(=O)OCC(=O)NCC(F)(F)F)c1. The molecule has 0 saturated heterocycles. The Morgan fingerprint density at radius 2 is 2.00 bits per heavy atom. The third kappa shape index (κ3) is 6.45. The number of hydrogen-bond acceptors (Lipinski definition) is 5. The number of anilines is 1. The lowest BCUT2D eigenvalue weighted by Crippen LogP contribution is -2.37. The Morgan fingerprint density at radius 1 is 1.33 bits per heavy atom. The zero-order chi connectivity index (χ0) is 16.0. The zero-order valence-corrected chi connectivity index (χ0v) is 10.6. The summed E-state index contributed by atoms with van der Waals surface area (Å²) in [6.07, 6.45) is -3.35. The van der Waals surface area contributed by atoms with Crippen molar-refractivity contribution in [2.75, 3.05) is 18.9 Å². The summed E-state index contributed by atoms with van der Waals surface area (Å²) in [5.41, 5.74) is 5.15. The van der Waals surface area contributed by atoms with Crippen LogP contribution in [0, 0.1) is 0 Å². The van der Waals surface area contributed by atoms with Crippen LogP contribution in [0.4, 0.5) is 18.9 Å². The summed E-state index contributed by atoms with van der Waals surface area (Å²) in [5, 5.41) is 1.53. The molecule has 1 aromatic rings. The number of hydrogen-bond donors (Lipinski definition) is 2. The maximum absolute atomic E-state index is 11.8. The van der Waals surface area contributed by atoms with E-state index in [4.69, 9.17) is 5.73 Å². The molecule has 21 heavy (non-hydrogen) atoms.